The fourth-order valence-electron chi connectivity index (χ4n) is 3.74. The van der Waals surface area contributed by atoms with Crippen LogP contribution >= 0.6 is 0 Å². The Bertz CT molecular complexity index is 617. The van der Waals surface area contributed by atoms with Gasteiger partial charge in [0.15, 0.2) is 5.96 Å². The minimum absolute atomic E-state index is 0.0354. The van der Waals surface area contributed by atoms with Crippen molar-refractivity contribution in [2.45, 2.75) is 32.2 Å². The zero-order valence-corrected chi connectivity index (χ0v) is 15.0. The summed E-state index contributed by atoms with van der Waals surface area (Å²) in [6.45, 7) is 2.98. The number of hydrogen-bond donors (Lipinski definition) is 1. The highest BCUT2D eigenvalue weighted by Crippen LogP contribution is 2.47. The number of nitrogens with zero attached hydrogens (tertiary/aromatic N) is 3. The highest BCUT2D eigenvalue weighted by atomic mass is 16.2. The molecule has 0 unspecified atom stereocenters. The van der Waals surface area contributed by atoms with Crippen molar-refractivity contribution in [3.63, 3.8) is 0 Å². The molecule has 1 amide bonds. The Balaban J connectivity index is 1.55. The molecular weight excluding hydrogens is 300 g/mol. The summed E-state index contributed by atoms with van der Waals surface area (Å²) in [5.41, 5.74) is 2.45. The van der Waals surface area contributed by atoms with E-state index in [4.69, 9.17) is 0 Å². The van der Waals surface area contributed by atoms with Gasteiger partial charge >= 0.3 is 0 Å². The summed E-state index contributed by atoms with van der Waals surface area (Å²) in [7, 11) is 5.40. The first-order chi connectivity index (χ1) is 11.5. The molecule has 1 spiro atoms. The Labute approximate surface area is 144 Å². The number of hydrogen-bond acceptors (Lipinski definition) is 2. The van der Waals surface area contributed by atoms with Gasteiger partial charge in [0.05, 0.1) is 0 Å². The van der Waals surface area contributed by atoms with Gasteiger partial charge in [-0.15, -0.1) is 0 Å². The average Bonchev–Trinajstić information content (AvgIpc) is 3.01. The van der Waals surface area contributed by atoms with Crippen molar-refractivity contribution in [2.75, 3.05) is 34.2 Å². The third kappa shape index (κ3) is 3.40. The first kappa shape index (κ1) is 16.8. The van der Waals surface area contributed by atoms with Crippen LogP contribution in [0.2, 0.25) is 0 Å². The van der Waals surface area contributed by atoms with Crippen LogP contribution in [-0.4, -0.2) is 55.9 Å². The largest absolute Gasteiger partial charge is 0.352 e. The van der Waals surface area contributed by atoms with Gasteiger partial charge in [-0.1, -0.05) is 18.6 Å². The first-order valence-electron chi connectivity index (χ1n) is 8.79. The van der Waals surface area contributed by atoms with Gasteiger partial charge in [-0.25, -0.2) is 0 Å². The third-order valence-electron chi connectivity index (χ3n) is 5.42. The van der Waals surface area contributed by atoms with Crippen LogP contribution in [0.1, 0.15) is 41.6 Å². The lowest BCUT2D eigenvalue weighted by Gasteiger charge is -2.38. The molecule has 1 aromatic carbocycles. The van der Waals surface area contributed by atoms with Gasteiger partial charge in [-0.3, -0.25) is 9.79 Å². The van der Waals surface area contributed by atoms with Crippen LogP contribution in [0.5, 0.6) is 0 Å². The lowest BCUT2D eigenvalue weighted by molar-refractivity contribution is 0.0827. The predicted octanol–water partition coefficient (Wildman–Crippen LogP) is 2.34. The molecule has 5 heteroatoms. The van der Waals surface area contributed by atoms with Crippen LogP contribution in [0.4, 0.5) is 0 Å². The second kappa shape index (κ2) is 6.83. The Morgan fingerprint density at radius 1 is 1.25 bits per heavy atom. The number of rotatable bonds is 3. The van der Waals surface area contributed by atoms with Gasteiger partial charge < -0.3 is 15.1 Å². The van der Waals surface area contributed by atoms with E-state index >= 15 is 0 Å². The van der Waals surface area contributed by atoms with Gasteiger partial charge in [-0.05, 0) is 42.4 Å². The average molecular weight is 328 g/mol. The molecule has 1 heterocycles. The van der Waals surface area contributed by atoms with Gasteiger partial charge in [0.2, 0.25) is 0 Å². The highest BCUT2D eigenvalue weighted by molar-refractivity contribution is 5.93. The van der Waals surface area contributed by atoms with Gasteiger partial charge in [-0.2, -0.15) is 0 Å². The number of carbonyl (C=O) groups excluding carboxylic acids is 1. The number of amides is 1. The topological polar surface area (TPSA) is 47.9 Å². The number of aliphatic imine (C=N–C) groups is 1. The van der Waals surface area contributed by atoms with E-state index in [-0.39, 0.29) is 5.91 Å². The van der Waals surface area contributed by atoms with Crippen molar-refractivity contribution in [2.24, 2.45) is 10.4 Å². The maximum Gasteiger partial charge on any atom is 0.253 e. The molecule has 1 aliphatic heterocycles. The van der Waals surface area contributed by atoms with Gasteiger partial charge in [0.25, 0.3) is 5.91 Å². The number of nitrogens with one attached hydrogen (secondary N) is 1. The summed E-state index contributed by atoms with van der Waals surface area (Å²) >= 11 is 0. The van der Waals surface area contributed by atoms with Crippen molar-refractivity contribution in [1.29, 1.82) is 0 Å². The zero-order chi connectivity index (χ0) is 17.2. The minimum atomic E-state index is 0.0354. The fraction of sp³-hybridized carbons (Fsp3) is 0.579. The van der Waals surface area contributed by atoms with Gasteiger partial charge in [0, 0.05) is 46.3 Å². The maximum atomic E-state index is 11.9. The van der Waals surface area contributed by atoms with Crippen molar-refractivity contribution in [3.05, 3.63) is 35.4 Å². The normalized spacial score (nSPS) is 19.3. The predicted molar refractivity (Wildman–Crippen MR) is 97.1 cm³/mol. The van der Waals surface area contributed by atoms with Crippen LogP contribution in [0, 0.1) is 5.41 Å². The summed E-state index contributed by atoms with van der Waals surface area (Å²) in [5.74, 6) is 1.03. The van der Waals surface area contributed by atoms with Crippen LogP contribution < -0.4 is 5.32 Å². The van der Waals surface area contributed by atoms with Crippen LogP contribution in [-0.2, 0) is 6.54 Å². The molecule has 0 aromatic heterocycles. The van der Waals surface area contributed by atoms with Crippen LogP contribution in [0.25, 0.3) is 0 Å². The molecule has 2 aliphatic rings. The van der Waals surface area contributed by atoms with Gasteiger partial charge in [0.1, 0.15) is 0 Å². The Morgan fingerprint density at radius 3 is 2.46 bits per heavy atom. The van der Waals surface area contributed by atoms with Crippen LogP contribution in [0.3, 0.4) is 0 Å². The second-order valence-corrected chi connectivity index (χ2v) is 7.32. The Hall–Kier alpha value is -2.04. The van der Waals surface area contributed by atoms with E-state index in [1.165, 1.54) is 25.7 Å². The lowest BCUT2D eigenvalue weighted by atomic mass is 9.68. The smallest absolute Gasteiger partial charge is 0.253 e. The molecule has 0 bridgehead atoms. The number of benzene rings is 1. The molecule has 1 aromatic rings. The maximum absolute atomic E-state index is 11.9. The molecule has 3 rings (SSSR count). The van der Waals surface area contributed by atoms with Crippen LogP contribution in [0.15, 0.2) is 29.3 Å². The van der Waals surface area contributed by atoms with E-state index in [2.05, 4.69) is 15.2 Å². The summed E-state index contributed by atoms with van der Waals surface area (Å²) in [6.07, 6.45) is 5.44. The summed E-state index contributed by atoms with van der Waals surface area (Å²) in [5, 5.41) is 3.47. The number of likely N-dealkylation sites (tertiary alicyclic amines) is 1. The second-order valence-electron chi connectivity index (χ2n) is 7.32. The summed E-state index contributed by atoms with van der Waals surface area (Å²) in [4.78, 5) is 20.4. The molecule has 0 radical (unpaired) electrons. The molecule has 130 valence electrons. The van der Waals surface area contributed by atoms with Crippen molar-refractivity contribution in [1.82, 2.24) is 15.1 Å². The monoisotopic (exact) mass is 328 g/mol. The molecule has 1 saturated carbocycles. The molecule has 1 N–H and O–H groups in total. The van der Waals surface area contributed by atoms with Crippen molar-refractivity contribution >= 4 is 11.9 Å². The van der Waals surface area contributed by atoms with Crippen molar-refractivity contribution < 1.29 is 4.79 Å². The number of guanidine groups is 1. The molecule has 24 heavy (non-hydrogen) atoms. The number of carbonyl (C=O) groups is 1. The van der Waals surface area contributed by atoms with E-state index in [0.29, 0.717) is 5.41 Å². The zero-order valence-electron chi connectivity index (χ0n) is 15.0. The van der Waals surface area contributed by atoms with E-state index in [1.54, 1.807) is 19.0 Å². The third-order valence-corrected chi connectivity index (χ3v) is 5.42. The highest BCUT2D eigenvalue weighted by Gasteiger charge is 2.43. The van der Waals surface area contributed by atoms with E-state index in [0.717, 1.165) is 36.7 Å². The molecule has 1 saturated heterocycles. The Kier molecular flexibility index (Phi) is 4.78. The SMILES string of the molecule is CN=C(NCc1ccc(C(=O)N(C)C)cc1)N1CCC2(CCC2)C1. The summed E-state index contributed by atoms with van der Waals surface area (Å²) in [6, 6.07) is 7.80. The molecule has 2 fully saturated rings. The minimum Gasteiger partial charge on any atom is -0.352 e. The van der Waals surface area contributed by atoms with Crippen molar-refractivity contribution in [3.8, 4) is 0 Å². The Morgan fingerprint density at radius 2 is 1.96 bits per heavy atom. The van der Waals surface area contributed by atoms with E-state index in [9.17, 15) is 4.79 Å². The van der Waals surface area contributed by atoms with E-state index < -0.39 is 0 Å². The lowest BCUT2D eigenvalue weighted by Crippen LogP contribution is -2.42. The first-order valence-corrected chi connectivity index (χ1v) is 8.79. The molecular formula is C19H28N4O. The standard InChI is InChI=1S/C19H28N4O/c1-20-18(23-12-11-19(14-23)9-4-10-19)21-13-15-5-7-16(8-6-15)17(24)22(2)3/h5-8H,4,9-14H2,1-3H3,(H,20,21). The quantitative estimate of drug-likeness (QED) is 0.684. The molecule has 1 aliphatic carbocycles. The summed E-state index contributed by atoms with van der Waals surface area (Å²) < 4.78 is 0. The fourth-order valence-corrected chi connectivity index (χ4v) is 3.74. The molecule has 0 atom stereocenters. The van der Waals surface area contributed by atoms with E-state index in [1.807, 2.05) is 31.3 Å². The molecule has 5 nitrogen and oxygen atoms in total.